The number of fused-ring (bicyclic) bond motifs is 2. The van der Waals surface area contributed by atoms with E-state index in [1.165, 1.54) is 39.8 Å². The van der Waals surface area contributed by atoms with Crippen molar-refractivity contribution in [3.63, 3.8) is 0 Å². The van der Waals surface area contributed by atoms with Gasteiger partial charge in [-0.15, -0.1) is 0 Å². The third-order valence-corrected chi connectivity index (χ3v) is 6.90. The van der Waals surface area contributed by atoms with E-state index in [9.17, 15) is 0 Å². The summed E-state index contributed by atoms with van der Waals surface area (Å²) in [5, 5.41) is 5.09. The standard InChI is InChI=1S/C20H10Br2I2/c21-13-3-5-15-11(9-13)1-7-17(23)19(15)20-16-6-4-14(22)10-12(16)2-8-18(20)24/h1-10H. The Balaban J connectivity index is 2.17. The molecule has 4 rings (SSSR count). The van der Waals surface area contributed by atoms with E-state index in [0.29, 0.717) is 0 Å². The van der Waals surface area contributed by atoms with E-state index in [2.05, 4.69) is 138 Å². The number of benzene rings is 4. The zero-order valence-corrected chi connectivity index (χ0v) is 19.8. The maximum Gasteiger partial charge on any atom is 0.0215 e. The number of halogens is 4. The number of hydrogen-bond acceptors (Lipinski definition) is 0. The van der Waals surface area contributed by atoms with Crippen LogP contribution in [0.3, 0.4) is 0 Å². The molecule has 0 amide bonds. The largest absolute Gasteiger partial charge is 0.0532 e. The monoisotopic (exact) mass is 662 g/mol. The van der Waals surface area contributed by atoms with Gasteiger partial charge in [0, 0.05) is 27.2 Å². The lowest BCUT2D eigenvalue weighted by molar-refractivity contribution is 1.60. The summed E-state index contributed by atoms with van der Waals surface area (Å²) in [5.41, 5.74) is 2.64. The van der Waals surface area contributed by atoms with Crippen LogP contribution >= 0.6 is 77.0 Å². The van der Waals surface area contributed by atoms with Gasteiger partial charge in [-0.3, -0.25) is 0 Å². The smallest absolute Gasteiger partial charge is 0.0215 e. The molecule has 0 spiro atoms. The van der Waals surface area contributed by atoms with Gasteiger partial charge < -0.3 is 0 Å². The van der Waals surface area contributed by atoms with Gasteiger partial charge in [0.1, 0.15) is 0 Å². The fraction of sp³-hybridized carbons (Fsp3) is 0. The molecule has 24 heavy (non-hydrogen) atoms. The Labute approximate surface area is 184 Å². The van der Waals surface area contributed by atoms with Crippen LogP contribution in [0.5, 0.6) is 0 Å². The first kappa shape index (κ1) is 17.2. The Morgan fingerprint density at radius 1 is 0.542 bits per heavy atom. The lowest BCUT2D eigenvalue weighted by Crippen LogP contribution is -1.91. The van der Waals surface area contributed by atoms with Gasteiger partial charge in [-0.2, -0.15) is 0 Å². The highest BCUT2D eigenvalue weighted by molar-refractivity contribution is 14.1. The molecule has 0 fully saturated rings. The molecule has 4 heteroatoms. The average Bonchev–Trinajstić information content (AvgIpc) is 2.56. The third kappa shape index (κ3) is 3.04. The molecule has 0 saturated heterocycles. The van der Waals surface area contributed by atoms with Gasteiger partial charge >= 0.3 is 0 Å². The van der Waals surface area contributed by atoms with E-state index >= 15 is 0 Å². The maximum absolute atomic E-state index is 3.59. The van der Waals surface area contributed by atoms with E-state index in [4.69, 9.17) is 0 Å². The van der Waals surface area contributed by atoms with E-state index in [0.717, 1.165) is 8.95 Å². The molecule has 0 aliphatic heterocycles. The van der Waals surface area contributed by atoms with Crippen molar-refractivity contribution in [2.45, 2.75) is 0 Å². The molecule has 118 valence electrons. The second-order valence-corrected chi connectivity index (χ2v) is 9.73. The first-order valence-electron chi connectivity index (χ1n) is 7.30. The normalized spacial score (nSPS) is 11.3. The quantitative estimate of drug-likeness (QED) is 0.180. The Kier molecular flexibility index (Phi) is 4.92. The highest BCUT2D eigenvalue weighted by atomic mass is 127. The lowest BCUT2D eigenvalue weighted by atomic mass is 9.94. The molecule has 0 unspecified atom stereocenters. The second kappa shape index (κ2) is 6.85. The maximum atomic E-state index is 3.59. The highest BCUT2D eigenvalue weighted by Gasteiger charge is 2.15. The molecule has 0 atom stereocenters. The molecule has 4 aromatic carbocycles. The molecule has 4 aromatic rings. The van der Waals surface area contributed by atoms with Crippen LogP contribution in [0.25, 0.3) is 32.7 Å². The summed E-state index contributed by atoms with van der Waals surface area (Å²) >= 11 is 12.1. The molecular formula is C20H10Br2I2. The molecule has 0 heterocycles. The summed E-state index contributed by atoms with van der Waals surface area (Å²) in [5.74, 6) is 0. The van der Waals surface area contributed by atoms with Crippen LogP contribution in [0.2, 0.25) is 0 Å². The van der Waals surface area contributed by atoms with Gasteiger partial charge in [-0.1, -0.05) is 56.1 Å². The summed E-state index contributed by atoms with van der Waals surface area (Å²) in [4.78, 5) is 0. The Hall–Kier alpha value is -0.180. The molecule has 0 radical (unpaired) electrons. The van der Waals surface area contributed by atoms with E-state index < -0.39 is 0 Å². The molecule has 0 aromatic heterocycles. The van der Waals surface area contributed by atoms with Crippen LogP contribution in [0.15, 0.2) is 69.6 Å². The van der Waals surface area contributed by atoms with Crippen LogP contribution < -0.4 is 0 Å². The Bertz CT molecular complexity index is 1010. The van der Waals surface area contributed by atoms with Crippen molar-refractivity contribution in [2.75, 3.05) is 0 Å². The first-order valence-corrected chi connectivity index (χ1v) is 11.0. The number of rotatable bonds is 1. The molecule has 0 aliphatic carbocycles. The zero-order chi connectivity index (χ0) is 16.8. The minimum absolute atomic E-state index is 1.11. The van der Waals surface area contributed by atoms with Gasteiger partial charge in [0.05, 0.1) is 0 Å². The summed E-state index contributed by atoms with van der Waals surface area (Å²) < 4.78 is 4.77. The molecule has 0 N–H and O–H groups in total. The van der Waals surface area contributed by atoms with Crippen molar-refractivity contribution in [2.24, 2.45) is 0 Å². The van der Waals surface area contributed by atoms with Crippen LogP contribution in [0, 0.1) is 7.14 Å². The number of hydrogen-bond donors (Lipinski definition) is 0. The van der Waals surface area contributed by atoms with E-state index in [-0.39, 0.29) is 0 Å². The summed E-state index contributed by atoms with van der Waals surface area (Å²) in [6.45, 7) is 0. The summed E-state index contributed by atoms with van der Waals surface area (Å²) in [7, 11) is 0. The highest BCUT2D eigenvalue weighted by Crippen LogP contribution is 2.41. The Morgan fingerprint density at radius 3 is 1.38 bits per heavy atom. The van der Waals surface area contributed by atoms with Gasteiger partial charge in [-0.25, -0.2) is 0 Å². The van der Waals surface area contributed by atoms with Gasteiger partial charge in [-0.05, 0) is 103 Å². The van der Waals surface area contributed by atoms with Crippen molar-refractivity contribution in [1.29, 1.82) is 0 Å². The Morgan fingerprint density at radius 2 is 0.958 bits per heavy atom. The van der Waals surface area contributed by atoms with Gasteiger partial charge in [0.2, 0.25) is 0 Å². The fourth-order valence-corrected chi connectivity index (χ4v) is 5.29. The predicted octanol–water partition coefficient (Wildman–Crippen LogP) is 8.39. The average molecular weight is 664 g/mol. The zero-order valence-electron chi connectivity index (χ0n) is 12.3. The molecule has 0 saturated carbocycles. The summed E-state index contributed by atoms with van der Waals surface area (Å²) in [6, 6.07) is 21.8. The topological polar surface area (TPSA) is 0 Å². The SMILES string of the molecule is Brc1ccc2c(-c3c(I)ccc4cc(Br)ccc34)c(I)ccc2c1. The molecular weight excluding hydrogens is 654 g/mol. The van der Waals surface area contributed by atoms with Crippen molar-refractivity contribution < 1.29 is 0 Å². The van der Waals surface area contributed by atoms with E-state index in [1.807, 2.05) is 0 Å². The third-order valence-electron chi connectivity index (χ3n) is 4.11. The van der Waals surface area contributed by atoms with Crippen LogP contribution in [0.4, 0.5) is 0 Å². The minimum Gasteiger partial charge on any atom is -0.0532 e. The minimum atomic E-state index is 1.11. The molecule has 0 bridgehead atoms. The van der Waals surface area contributed by atoms with Crippen molar-refractivity contribution in [3.05, 3.63) is 76.7 Å². The van der Waals surface area contributed by atoms with Crippen molar-refractivity contribution >= 4 is 98.6 Å². The first-order chi connectivity index (χ1) is 11.5. The van der Waals surface area contributed by atoms with E-state index in [1.54, 1.807) is 0 Å². The molecule has 0 aliphatic rings. The van der Waals surface area contributed by atoms with Crippen molar-refractivity contribution in [3.8, 4) is 11.1 Å². The van der Waals surface area contributed by atoms with Crippen LogP contribution in [0.1, 0.15) is 0 Å². The predicted molar refractivity (Wildman–Crippen MR) is 128 cm³/mol. The lowest BCUT2D eigenvalue weighted by Gasteiger charge is -2.15. The van der Waals surface area contributed by atoms with Crippen LogP contribution in [-0.4, -0.2) is 0 Å². The second-order valence-electron chi connectivity index (χ2n) is 5.58. The van der Waals surface area contributed by atoms with Crippen LogP contribution in [-0.2, 0) is 0 Å². The summed E-state index contributed by atoms with van der Waals surface area (Å²) in [6.07, 6.45) is 0. The van der Waals surface area contributed by atoms with Crippen molar-refractivity contribution in [1.82, 2.24) is 0 Å². The fourth-order valence-electron chi connectivity index (χ4n) is 3.06. The van der Waals surface area contributed by atoms with Gasteiger partial charge in [0.15, 0.2) is 0 Å². The molecule has 0 nitrogen and oxygen atoms in total. The van der Waals surface area contributed by atoms with Gasteiger partial charge in [0.25, 0.3) is 0 Å².